The van der Waals surface area contributed by atoms with Crippen molar-refractivity contribution in [2.24, 2.45) is 0 Å². The van der Waals surface area contributed by atoms with Crippen molar-refractivity contribution in [2.45, 2.75) is 31.0 Å². The van der Waals surface area contributed by atoms with Gasteiger partial charge < -0.3 is 9.47 Å². The Bertz CT molecular complexity index is 1140. The number of ether oxygens (including phenoxy) is 2. The van der Waals surface area contributed by atoms with E-state index < -0.39 is 17.2 Å². The molecule has 0 radical (unpaired) electrons. The van der Waals surface area contributed by atoms with Crippen molar-refractivity contribution in [2.75, 3.05) is 0 Å². The Kier molecular flexibility index (Phi) is 7.41. The smallest absolute Gasteiger partial charge is 0.311 e. The number of carbonyl (C=O) groups is 2. The molecule has 35 heavy (non-hydrogen) atoms. The molecular weight excluding hydrogens is 436 g/mol. The normalized spacial score (nSPS) is 11.5. The molecule has 0 N–H and O–H groups in total. The molecule has 0 fully saturated rings. The van der Waals surface area contributed by atoms with Crippen LogP contribution in [0.2, 0.25) is 0 Å². The lowest BCUT2D eigenvalue weighted by atomic mass is 9.82. The summed E-state index contributed by atoms with van der Waals surface area (Å²) in [5.41, 5.74) is 0.828. The van der Waals surface area contributed by atoms with Crippen molar-refractivity contribution in [1.82, 2.24) is 0 Å². The third-order valence-electron chi connectivity index (χ3n) is 6.39. The van der Waals surface area contributed by atoms with Crippen molar-refractivity contribution < 1.29 is 19.1 Å². The monoisotopic (exact) mass is 464 g/mol. The Balaban J connectivity index is 1.79. The lowest BCUT2D eigenvalue weighted by Crippen LogP contribution is -2.39. The first-order chi connectivity index (χ1) is 17.1. The van der Waals surface area contributed by atoms with Crippen LogP contribution in [0.1, 0.15) is 42.0 Å². The van der Waals surface area contributed by atoms with Gasteiger partial charge in [-0.1, -0.05) is 128 Å². The molecule has 0 saturated heterocycles. The zero-order valence-corrected chi connectivity index (χ0v) is 19.7. The summed E-state index contributed by atoms with van der Waals surface area (Å²) in [6.07, 6.45) is 0.353. The molecule has 0 aliphatic carbocycles. The van der Waals surface area contributed by atoms with Crippen LogP contribution in [-0.4, -0.2) is 12.4 Å². The van der Waals surface area contributed by atoms with Crippen molar-refractivity contribution >= 4 is 12.4 Å². The molecule has 0 amide bonds. The summed E-state index contributed by atoms with van der Waals surface area (Å²) in [7, 11) is 0. The predicted octanol–water partition coefficient (Wildman–Crippen LogP) is 6.39. The van der Waals surface area contributed by atoms with Crippen molar-refractivity contribution in [3.8, 4) is 0 Å². The van der Waals surface area contributed by atoms with E-state index in [4.69, 9.17) is 9.47 Å². The predicted molar refractivity (Wildman–Crippen MR) is 135 cm³/mol. The number of rotatable bonds is 10. The van der Waals surface area contributed by atoms with Gasteiger partial charge >= 0.3 is 5.97 Å². The van der Waals surface area contributed by atoms with E-state index in [2.05, 4.69) is 0 Å². The number of carbonyl (C=O) groups excluding carboxylic acids is 2. The Morgan fingerprint density at radius 3 is 1.29 bits per heavy atom. The standard InChI is InChI=1S/C31H28O4/c1-2-30(25-15-7-3-8-16-25,26-17-9-4-10-18-26)35-29(33)23-31(34-24-32,27-19-11-5-12-20-27)28-21-13-6-14-22-28/h3-22,24H,2,23H2,1H3. The molecule has 4 aromatic carbocycles. The van der Waals surface area contributed by atoms with Crippen LogP contribution in [0.25, 0.3) is 0 Å². The van der Waals surface area contributed by atoms with Crippen LogP contribution in [-0.2, 0) is 30.3 Å². The molecular formula is C31H28O4. The molecule has 4 heteroatoms. The van der Waals surface area contributed by atoms with Gasteiger partial charge in [-0.3, -0.25) is 9.59 Å². The van der Waals surface area contributed by atoms with Crippen LogP contribution in [0.3, 0.4) is 0 Å². The summed E-state index contributed by atoms with van der Waals surface area (Å²) in [6, 6.07) is 38.1. The van der Waals surface area contributed by atoms with Gasteiger partial charge in [0.15, 0.2) is 11.2 Å². The molecule has 0 aliphatic heterocycles. The highest BCUT2D eigenvalue weighted by Gasteiger charge is 2.43. The lowest BCUT2D eigenvalue weighted by Gasteiger charge is -2.37. The molecule has 0 heterocycles. The van der Waals surface area contributed by atoms with Gasteiger partial charge in [0.1, 0.15) is 0 Å². The van der Waals surface area contributed by atoms with Gasteiger partial charge in [-0.15, -0.1) is 0 Å². The second kappa shape index (κ2) is 10.8. The fraction of sp³-hybridized carbons (Fsp3) is 0.161. The van der Waals surface area contributed by atoms with Crippen LogP contribution < -0.4 is 0 Å². The highest BCUT2D eigenvalue weighted by Crippen LogP contribution is 2.41. The fourth-order valence-corrected chi connectivity index (χ4v) is 4.66. The Labute approximate surface area is 206 Å². The van der Waals surface area contributed by atoms with E-state index in [0.717, 1.165) is 11.1 Å². The molecule has 4 rings (SSSR count). The van der Waals surface area contributed by atoms with Gasteiger partial charge in [-0.2, -0.15) is 0 Å². The molecule has 0 spiro atoms. The van der Waals surface area contributed by atoms with Crippen molar-refractivity contribution in [3.63, 3.8) is 0 Å². The van der Waals surface area contributed by atoms with Gasteiger partial charge in [-0.05, 0) is 6.42 Å². The summed E-state index contributed by atoms with van der Waals surface area (Å²) in [5.74, 6) is -0.478. The van der Waals surface area contributed by atoms with Crippen LogP contribution >= 0.6 is 0 Å². The number of esters is 1. The molecule has 0 unspecified atom stereocenters. The molecule has 0 aliphatic rings. The molecule has 4 aromatic rings. The van der Waals surface area contributed by atoms with Gasteiger partial charge in [-0.25, -0.2) is 0 Å². The van der Waals surface area contributed by atoms with E-state index in [-0.39, 0.29) is 6.42 Å². The average Bonchev–Trinajstić information content (AvgIpc) is 2.93. The van der Waals surface area contributed by atoms with Gasteiger partial charge in [0, 0.05) is 22.3 Å². The van der Waals surface area contributed by atoms with E-state index in [1.165, 1.54) is 0 Å². The Hall–Kier alpha value is -4.18. The van der Waals surface area contributed by atoms with Crippen molar-refractivity contribution in [3.05, 3.63) is 144 Å². The quantitative estimate of drug-likeness (QED) is 0.202. The molecule has 0 bridgehead atoms. The number of benzene rings is 4. The summed E-state index contributed by atoms with van der Waals surface area (Å²) in [4.78, 5) is 25.5. The molecule has 176 valence electrons. The highest BCUT2D eigenvalue weighted by molar-refractivity contribution is 5.74. The first-order valence-electron chi connectivity index (χ1n) is 11.7. The second-order valence-electron chi connectivity index (χ2n) is 8.34. The third kappa shape index (κ3) is 4.87. The Morgan fingerprint density at radius 2 is 0.971 bits per heavy atom. The summed E-state index contributed by atoms with van der Waals surface area (Å²) in [6.45, 7) is 2.39. The van der Waals surface area contributed by atoms with Gasteiger partial charge in [0.05, 0.1) is 6.42 Å². The highest BCUT2D eigenvalue weighted by atomic mass is 16.6. The van der Waals surface area contributed by atoms with Crippen LogP contribution in [0.4, 0.5) is 0 Å². The fourth-order valence-electron chi connectivity index (χ4n) is 4.66. The van der Waals surface area contributed by atoms with Crippen LogP contribution in [0.15, 0.2) is 121 Å². The largest absolute Gasteiger partial charge is 0.451 e. The summed E-state index contributed by atoms with van der Waals surface area (Å²) < 4.78 is 12.1. The lowest BCUT2D eigenvalue weighted by molar-refractivity contribution is -0.165. The van der Waals surface area contributed by atoms with E-state index in [0.29, 0.717) is 24.0 Å². The Morgan fingerprint density at radius 1 is 0.629 bits per heavy atom. The van der Waals surface area contributed by atoms with Gasteiger partial charge in [0.25, 0.3) is 6.47 Å². The number of hydrogen-bond acceptors (Lipinski definition) is 4. The van der Waals surface area contributed by atoms with Crippen LogP contribution in [0, 0.1) is 0 Å². The molecule has 0 atom stereocenters. The number of hydrogen-bond donors (Lipinski definition) is 0. The topological polar surface area (TPSA) is 52.6 Å². The minimum absolute atomic E-state index is 0.179. The maximum absolute atomic E-state index is 13.8. The van der Waals surface area contributed by atoms with Crippen molar-refractivity contribution in [1.29, 1.82) is 0 Å². The SMILES string of the molecule is CCC(OC(=O)CC(OC=O)(c1ccccc1)c1ccccc1)(c1ccccc1)c1ccccc1. The molecule has 4 nitrogen and oxygen atoms in total. The molecule has 0 saturated carbocycles. The average molecular weight is 465 g/mol. The second-order valence-corrected chi connectivity index (χ2v) is 8.34. The zero-order chi connectivity index (χ0) is 24.6. The maximum Gasteiger partial charge on any atom is 0.311 e. The van der Waals surface area contributed by atoms with Crippen LogP contribution in [0.5, 0.6) is 0 Å². The van der Waals surface area contributed by atoms with E-state index in [1.54, 1.807) is 0 Å². The first-order valence-corrected chi connectivity index (χ1v) is 11.7. The van der Waals surface area contributed by atoms with E-state index >= 15 is 0 Å². The zero-order valence-electron chi connectivity index (χ0n) is 19.7. The first kappa shape index (κ1) is 24.0. The summed E-state index contributed by atoms with van der Waals surface area (Å²) in [5, 5.41) is 0. The third-order valence-corrected chi connectivity index (χ3v) is 6.39. The maximum atomic E-state index is 13.8. The minimum Gasteiger partial charge on any atom is -0.451 e. The molecule has 0 aromatic heterocycles. The minimum atomic E-state index is -1.33. The van der Waals surface area contributed by atoms with Gasteiger partial charge in [0.2, 0.25) is 0 Å². The van der Waals surface area contributed by atoms with E-state index in [9.17, 15) is 9.59 Å². The summed E-state index contributed by atoms with van der Waals surface area (Å²) >= 11 is 0. The van der Waals surface area contributed by atoms with E-state index in [1.807, 2.05) is 128 Å².